The van der Waals surface area contributed by atoms with Crippen LogP contribution in [0.25, 0.3) is 0 Å². The molecule has 0 radical (unpaired) electrons. The first kappa shape index (κ1) is 17.9. The molecule has 10 nitrogen and oxygen atoms in total. The summed E-state index contributed by atoms with van der Waals surface area (Å²) in [6.07, 6.45) is -0.138. The molecular weight excluding hydrogens is 296 g/mol. The van der Waals surface area contributed by atoms with Crippen LogP contribution in [-0.4, -0.2) is 32.4 Å². The van der Waals surface area contributed by atoms with Gasteiger partial charge in [-0.1, -0.05) is 13.8 Å². The summed E-state index contributed by atoms with van der Waals surface area (Å²) in [4.78, 5) is 8.76. The maximum atomic E-state index is 9.13. The number of rotatable bonds is 8. The Morgan fingerprint density at radius 2 is 1.09 bits per heavy atom. The Morgan fingerprint density at radius 3 is 1.36 bits per heavy atom. The predicted molar refractivity (Wildman–Crippen MR) is 72.6 cm³/mol. The van der Waals surface area contributed by atoms with Crippen molar-refractivity contribution in [2.45, 2.75) is 38.6 Å². The van der Waals surface area contributed by atoms with Crippen LogP contribution in [0.3, 0.4) is 0 Å². The fourth-order valence-electron chi connectivity index (χ4n) is 0.981. The van der Waals surface area contributed by atoms with Crippen molar-refractivity contribution < 1.29 is 30.1 Å². The summed E-state index contributed by atoms with van der Waals surface area (Å²) < 4.78 is 0. The molecule has 0 aliphatic heterocycles. The van der Waals surface area contributed by atoms with E-state index in [1.807, 2.05) is 0 Å². The lowest BCUT2D eigenvalue weighted by Gasteiger charge is -2.14. The monoisotopic (exact) mass is 314 g/mol. The lowest BCUT2D eigenvalue weighted by Crippen LogP contribution is -2.28. The van der Waals surface area contributed by atoms with Gasteiger partial charge < -0.3 is 30.1 Å². The van der Waals surface area contributed by atoms with Gasteiger partial charge in [-0.15, -0.1) is 10.2 Å². The van der Waals surface area contributed by atoms with Crippen LogP contribution in [0, 0.1) is 0 Å². The zero-order valence-electron chi connectivity index (χ0n) is 12.1. The normalized spacial score (nSPS) is 13.0. The first-order valence-corrected chi connectivity index (χ1v) is 6.46. The van der Waals surface area contributed by atoms with Crippen molar-refractivity contribution in [1.29, 1.82) is 0 Å². The fourth-order valence-corrected chi connectivity index (χ4v) is 0.981. The molecule has 0 aliphatic carbocycles. The molecule has 0 spiro atoms. The molecule has 22 heavy (non-hydrogen) atoms. The minimum absolute atomic E-state index is 0.0691. The molecule has 0 bridgehead atoms. The Balaban J connectivity index is 2.56. The first-order chi connectivity index (χ1) is 10.3. The van der Waals surface area contributed by atoms with E-state index < -0.39 is 11.9 Å². The molecule has 0 heterocycles. The minimum atomic E-state index is -2.35. The smallest absolute Gasteiger partial charge is 0.332 e. The summed E-state index contributed by atoms with van der Waals surface area (Å²) in [6.45, 7) is 3.01. The largest absolute Gasteiger partial charge is 0.346 e. The highest BCUT2D eigenvalue weighted by Gasteiger charge is 2.22. The van der Waals surface area contributed by atoms with E-state index in [9.17, 15) is 0 Å². The lowest BCUT2D eigenvalue weighted by atomic mass is 10.3. The van der Waals surface area contributed by atoms with Crippen LogP contribution in [0.2, 0.25) is 0 Å². The van der Waals surface area contributed by atoms with Gasteiger partial charge in [0.15, 0.2) is 0 Å². The van der Waals surface area contributed by atoms with Gasteiger partial charge in [0.05, 0.1) is 11.4 Å². The van der Waals surface area contributed by atoms with E-state index in [0.29, 0.717) is 11.4 Å². The number of benzene rings is 1. The first-order valence-electron chi connectivity index (χ1n) is 6.46. The molecule has 0 aliphatic rings. The molecule has 4 N–H and O–H groups in total. The molecule has 10 heteroatoms. The Hall–Kier alpha value is -2.14. The van der Waals surface area contributed by atoms with Crippen LogP contribution in [0.4, 0.5) is 11.4 Å². The van der Waals surface area contributed by atoms with Crippen molar-refractivity contribution in [3.63, 3.8) is 0 Å². The second kappa shape index (κ2) is 7.75. The van der Waals surface area contributed by atoms with Crippen LogP contribution >= 0.6 is 0 Å². The van der Waals surface area contributed by atoms with Crippen LogP contribution in [0.5, 0.6) is 0 Å². The SMILES string of the molecule is CCC(O)(O)ON=Nc1ccc(N=NOC(O)(O)CC)cc1. The highest BCUT2D eigenvalue weighted by Crippen LogP contribution is 2.20. The molecule has 1 aromatic carbocycles. The Morgan fingerprint density at radius 1 is 0.773 bits per heavy atom. The Labute approximate surface area is 126 Å². The average molecular weight is 314 g/mol. The standard InChI is InChI=1S/C12H18N4O6/c1-3-11(17,18)21-15-13-9-5-7-10(8-6-9)14-16-22-12(19,20)4-2/h5-8,17-20H,3-4H2,1-2H3. The van der Waals surface area contributed by atoms with Crippen molar-refractivity contribution in [3.05, 3.63) is 24.3 Å². The molecule has 1 rings (SSSR count). The third-order valence-corrected chi connectivity index (χ3v) is 2.46. The van der Waals surface area contributed by atoms with E-state index in [4.69, 9.17) is 20.4 Å². The topological polar surface area (TPSA) is 149 Å². The summed E-state index contributed by atoms with van der Waals surface area (Å²) in [6, 6.07) is 6.03. The van der Waals surface area contributed by atoms with Crippen molar-refractivity contribution >= 4 is 11.4 Å². The number of hydrogen-bond acceptors (Lipinski definition) is 10. The van der Waals surface area contributed by atoms with Gasteiger partial charge >= 0.3 is 11.9 Å². The Kier molecular flexibility index (Phi) is 6.31. The molecule has 0 amide bonds. The number of hydrogen-bond donors (Lipinski definition) is 4. The third-order valence-electron chi connectivity index (χ3n) is 2.46. The van der Waals surface area contributed by atoms with E-state index in [1.165, 1.54) is 38.1 Å². The van der Waals surface area contributed by atoms with Gasteiger partial charge in [0.25, 0.3) is 0 Å². The lowest BCUT2D eigenvalue weighted by molar-refractivity contribution is -0.343. The van der Waals surface area contributed by atoms with Gasteiger partial charge in [-0.2, -0.15) is 0 Å². The molecule has 1 aromatic rings. The van der Waals surface area contributed by atoms with Crippen LogP contribution in [0.15, 0.2) is 45.0 Å². The summed E-state index contributed by atoms with van der Waals surface area (Å²) in [5, 5.41) is 50.1. The molecular formula is C12H18N4O6. The zero-order chi connectivity index (χ0) is 16.6. The van der Waals surface area contributed by atoms with Gasteiger partial charge in [-0.3, -0.25) is 0 Å². The van der Waals surface area contributed by atoms with Crippen LogP contribution < -0.4 is 0 Å². The van der Waals surface area contributed by atoms with Gasteiger partial charge in [0, 0.05) is 23.4 Å². The zero-order valence-corrected chi connectivity index (χ0v) is 12.1. The predicted octanol–water partition coefficient (Wildman–Crippen LogP) is 1.81. The molecule has 0 aromatic heterocycles. The quantitative estimate of drug-likeness (QED) is 0.326. The molecule has 122 valence electrons. The average Bonchev–Trinajstić information content (AvgIpc) is 2.48. The number of nitrogens with zero attached hydrogens (tertiary/aromatic N) is 4. The van der Waals surface area contributed by atoms with Crippen molar-refractivity contribution in [3.8, 4) is 0 Å². The summed E-state index contributed by atoms with van der Waals surface area (Å²) in [5.41, 5.74) is 0.748. The van der Waals surface area contributed by atoms with E-state index in [-0.39, 0.29) is 12.8 Å². The molecule has 0 saturated heterocycles. The molecule has 0 saturated carbocycles. The number of aliphatic hydroxyl groups is 4. The van der Waals surface area contributed by atoms with Gasteiger partial charge in [-0.25, -0.2) is 0 Å². The summed E-state index contributed by atoms with van der Waals surface area (Å²) >= 11 is 0. The maximum absolute atomic E-state index is 9.13. The van der Waals surface area contributed by atoms with Crippen molar-refractivity contribution in [2.24, 2.45) is 20.8 Å². The second-order valence-electron chi connectivity index (χ2n) is 4.26. The van der Waals surface area contributed by atoms with Crippen LogP contribution in [0.1, 0.15) is 26.7 Å². The van der Waals surface area contributed by atoms with E-state index in [0.717, 1.165) is 0 Å². The highest BCUT2D eigenvalue weighted by molar-refractivity contribution is 5.46. The van der Waals surface area contributed by atoms with Crippen LogP contribution in [-0.2, 0) is 9.68 Å². The summed E-state index contributed by atoms with van der Waals surface area (Å²) in [7, 11) is 0. The minimum Gasteiger partial charge on any atom is -0.332 e. The Bertz CT molecular complexity index is 468. The highest BCUT2D eigenvalue weighted by atomic mass is 16.8. The van der Waals surface area contributed by atoms with E-state index >= 15 is 0 Å². The van der Waals surface area contributed by atoms with E-state index in [2.05, 4.69) is 30.5 Å². The van der Waals surface area contributed by atoms with E-state index in [1.54, 1.807) is 0 Å². The second-order valence-corrected chi connectivity index (χ2v) is 4.26. The summed E-state index contributed by atoms with van der Waals surface area (Å²) in [5.74, 6) is -4.70. The third kappa shape index (κ3) is 6.54. The molecule has 0 unspecified atom stereocenters. The van der Waals surface area contributed by atoms with Gasteiger partial charge in [0.2, 0.25) is 0 Å². The molecule has 0 atom stereocenters. The maximum Gasteiger partial charge on any atom is 0.346 e. The van der Waals surface area contributed by atoms with Crippen molar-refractivity contribution in [2.75, 3.05) is 0 Å². The van der Waals surface area contributed by atoms with Crippen molar-refractivity contribution in [1.82, 2.24) is 0 Å². The van der Waals surface area contributed by atoms with Gasteiger partial charge in [-0.05, 0) is 24.3 Å². The molecule has 0 fully saturated rings. The van der Waals surface area contributed by atoms with Gasteiger partial charge in [0.1, 0.15) is 0 Å². The fraction of sp³-hybridized carbons (Fsp3) is 0.500.